The summed E-state index contributed by atoms with van der Waals surface area (Å²) in [6.45, 7) is 12.3. The number of unbranched alkanes of at least 4 members (excludes halogenated alkanes) is 9. The Hall–Kier alpha value is -1.36. The number of hydrogen-bond acceptors (Lipinski definition) is 3. The van der Waals surface area contributed by atoms with Gasteiger partial charge in [0.2, 0.25) is 12.3 Å². The average Bonchev–Trinajstić information content (AvgIpc) is 2.78. The Morgan fingerprint density at radius 1 is 0.833 bits per heavy atom. The molecule has 0 saturated carbocycles. The molecule has 0 bridgehead atoms. The summed E-state index contributed by atoms with van der Waals surface area (Å²) in [7, 11) is 0. The molecule has 1 aliphatic heterocycles. The molecule has 2 amide bonds. The van der Waals surface area contributed by atoms with Gasteiger partial charge in [-0.15, -0.1) is 6.58 Å². The summed E-state index contributed by atoms with van der Waals surface area (Å²) >= 11 is 0. The molecular formula is C25H47N3O2. The zero-order valence-electron chi connectivity index (χ0n) is 19.7. The highest BCUT2D eigenvalue weighted by Gasteiger charge is 2.19. The van der Waals surface area contributed by atoms with E-state index in [1.165, 1.54) is 64.3 Å². The van der Waals surface area contributed by atoms with E-state index in [2.05, 4.69) is 18.4 Å². The van der Waals surface area contributed by atoms with Crippen LogP contribution in [0.1, 0.15) is 90.4 Å². The van der Waals surface area contributed by atoms with Crippen molar-refractivity contribution in [2.45, 2.75) is 90.4 Å². The van der Waals surface area contributed by atoms with Gasteiger partial charge in [-0.2, -0.15) is 0 Å². The van der Waals surface area contributed by atoms with E-state index in [4.69, 9.17) is 0 Å². The maximum atomic E-state index is 12.4. The molecule has 1 aliphatic rings. The third-order valence-electron chi connectivity index (χ3n) is 6.14. The molecule has 5 nitrogen and oxygen atoms in total. The lowest BCUT2D eigenvalue weighted by Gasteiger charge is -2.32. The number of rotatable bonds is 19. The Kier molecular flexibility index (Phi) is 16.4. The van der Waals surface area contributed by atoms with Crippen LogP contribution in [0.5, 0.6) is 0 Å². The van der Waals surface area contributed by atoms with Crippen molar-refractivity contribution < 1.29 is 9.59 Å². The van der Waals surface area contributed by atoms with Gasteiger partial charge in [-0.25, -0.2) is 0 Å². The van der Waals surface area contributed by atoms with Crippen LogP contribution in [-0.4, -0.2) is 72.8 Å². The Labute approximate surface area is 185 Å². The van der Waals surface area contributed by atoms with E-state index in [0.717, 1.165) is 38.8 Å². The Bertz CT molecular complexity index is 448. The molecule has 0 spiro atoms. The molecule has 1 rings (SSSR count). The van der Waals surface area contributed by atoms with Crippen LogP contribution in [0.25, 0.3) is 0 Å². The zero-order valence-corrected chi connectivity index (χ0v) is 19.7. The zero-order chi connectivity index (χ0) is 21.9. The number of allylic oxidation sites excluding steroid dienone is 1. The highest BCUT2D eigenvalue weighted by molar-refractivity contribution is 5.76. The number of nitrogens with zero attached hydrogens (tertiary/aromatic N) is 3. The van der Waals surface area contributed by atoms with Crippen molar-refractivity contribution in [1.29, 1.82) is 0 Å². The van der Waals surface area contributed by atoms with E-state index in [0.29, 0.717) is 32.6 Å². The van der Waals surface area contributed by atoms with Crippen LogP contribution < -0.4 is 0 Å². The smallest absolute Gasteiger partial charge is 0.222 e. The second kappa shape index (κ2) is 18.4. The first-order chi connectivity index (χ1) is 14.7. The second-order valence-electron chi connectivity index (χ2n) is 8.73. The molecule has 30 heavy (non-hydrogen) atoms. The van der Waals surface area contributed by atoms with E-state index < -0.39 is 0 Å². The number of carbonyl (C=O) groups excluding carboxylic acids is 2. The van der Waals surface area contributed by atoms with E-state index in [9.17, 15) is 9.59 Å². The van der Waals surface area contributed by atoms with E-state index >= 15 is 0 Å². The molecule has 0 N–H and O–H groups in total. The van der Waals surface area contributed by atoms with Gasteiger partial charge in [0.05, 0.1) is 0 Å². The van der Waals surface area contributed by atoms with E-state index in [1.807, 2.05) is 11.0 Å². The highest BCUT2D eigenvalue weighted by Crippen LogP contribution is 2.11. The van der Waals surface area contributed by atoms with Gasteiger partial charge in [0.1, 0.15) is 0 Å². The molecule has 1 fully saturated rings. The van der Waals surface area contributed by atoms with Crippen molar-refractivity contribution >= 4 is 12.3 Å². The average molecular weight is 422 g/mol. The predicted octanol–water partition coefficient (Wildman–Crippen LogP) is 4.87. The summed E-state index contributed by atoms with van der Waals surface area (Å²) in [5, 5.41) is 0. The van der Waals surface area contributed by atoms with Crippen LogP contribution in [-0.2, 0) is 9.59 Å². The van der Waals surface area contributed by atoms with Crippen molar-refractivity contribution in [1.82, 2.24) is 14.7 Å². The van der Waals surface area contributed by atoms with E-state index in [-0.39, 0.29) is 5.91 Å². The molecule has 0 aromatic rings. The minimum atomic E-state index is 0.252. The van der Waals surface area contributed by atoms with Crippen molar-refractivity contribution in [3.05, 3.63) is 12.7 Å². The van der Waals surface area contributed by atoms with Gasteiger partial charge in [-0.1, -0.05) is 57.9 Å². The summed E-state index contributed by atoms with van der Waals surface area (Å²) in [6, 6.07) is 0. The highest BCUT2D eigenvalue weighted by atomic mass is 16.2. The molecule has 0 aliphatic carbocycles. The molecule has 0 atom stereocenters. The molecule has 5 heteroatoms. The van der Waals surface area contributed by atoms with E-state index in [1.54, 1.807) is 4.90 Å². The largest absolute Gasteiger partial charge is 0.342 e. The van der Waals surface area contributed by atoms with Gasteiger partial charge in [0.15, 0.2) is 0 Å². The molecule has 1 saturated heterocycles. The van der Waals surface area contributed by atoms with Crippen LogP contribution in [0.15, 0.2) is 12.7 Å². The van der Waals surface area contributed by atoms with Crippen molar-refractivity contribution in [3.8, 4) is 0 Å². The molecule has 0 aromatic carbocycles. The Morgan fingerprint density at radius 2 is 1.40 bits per heavy atom. The summed E-state index contributed by atoms with van der Waals surface area (Å²) in [5.74, 6) is 0.252. The van der Waals surface area contributed by atoms with Crippen molar-refractivity contribution in [2.75, 3.05) is 45.8 Å². The third kappa shape index (κ3) is 13.0. The number of carbonyl (C=O) groups is 2. The fourth-order valence-electron chi connectivity index (χ4n) is 4.11. The normalized spacial score (nSPS) is 14.3. The van der Waals surface area contributed by atoms with Gasteiger partial charge in [-0.05, 0) is 51.7 Å². The Balaban J connectivity index is 2.15. The molecule has 0 unspecified atom stereocenters. The third-order valence-corrected chi connectivity index (χ3v) is 6.14. The fraction of sp³-hybridized carbons (Fsp3) is 0.840. The van der Waals surface area contributed by atoms with Crippen LogP contribution in [0.2, 0.25) is 0 Å². The summed E-state index contributed by atoms with van der Waals surface area (Å²) in [6.07, 6.45) is 18.7. The lowest BCUT2D eigenvalue weighted by Crippen LogP contribution is -2.48. The minimum Gasteiger partial charge on any atom is -0.342 e. The molecule has 0 radical (unpaired) electrons. The van der Waals surface area contributed by atoms with Crippen LogP contribution in [0, 0.1) is 0 Å². The summed E-state index contributed by atoms with van der Waals surface area (Å²) in [5.41, 5.74) is 0. The van der Waals surface area contributed by atoms with Crippen molar-refractivity contribution in [3.63, 3.8) is 0 Å². The maximum Gasteiger partial charge on any atom is 0.222 e. The lowest BCUT2D eigenvalue weighted by atomic mass is 10.1. The number of amides is 2. The van der Waals surface area contributed by atoms with Gasteiger partial charge in [-0.3, -0.25) is 9.59 Å². The minimum absolute atomic E-state index is 0.252. The Morgan fingerprint density at radius 3 is 2.00 bits per heavy atom. The van der Waals surface area contributed by atoms with Gasteiger partial charge in [0, 0.05) is 32.6 Å². The number of hydrogen-bond donors (Lipinski definition) is 0. The predicted molar refractivity (Wildman–Crippen MR) is 127 cm³/mol. The molecule has 1 heterocycles. The van der Waals surface area contributed by atoms with Gasteiger partial charge >= 0.3 is 0 Å². The fourth-order valence-corrected chi connectivity index (χ4v) is 4.11. The van der Waals surface area contributed by atoms with Gasteiger partial charge < -0.3 is 14.7 Å². The molecule has 174 valence electrons. The monoisotopic (exact) mass is 421 g/mol. The standard InChI is InChI=1S/C25H47N3O2/c1-3-5-7-8-9-10-11-14-18-26(17-13-6-4-2)19-15-12-16-25(30)28-22-20-27(24-29)21-23-28/h4,24H,2-3,5-23H2,1H3. The quantitative estimate of drug-likeness (QED) is 0.170. The van der Waals surface area contributed by atoms with Crippen LogP contribution >= 0.6 is 0 Å². The second-order valence-corrected chi connectivity index (χ2v) is 8.73. The first-order valence-electron chi connectivity index (χ1n) is 12.5. The SMILES string of the molecule is C=CCCCN(CCCCCCCCCC)CCCCC(=O)N1CCN(C=O)CC1. The van der Waals surface area contributed by atoms with Crippen LogP contribution in [0.4, 0.5) is 0 Å². The number of piperazine rings is 1. The first kappa shape index (κ1) is 26.7. The molecular weight excluding hydrogens is 374 g/mol. The lowest BCUT2D eigenvalue weighted by molar-refractivity contribution is -0.135. The summed E-state index contributed by atoms with van der Waals surface area (Å²) in [4.78, 5) is 29.4. The van der Waals surface area contributed by atoms with Gasteiger partial charge in [0.25, 0.3) is 0 Å². The molecule has 0 aromatic heterocycles. The first-order valence-corrected chi connectivity index (χ1v) is 12.5. The maximum absolute atomic E-state index is 12.4. The summed E-state index contributed by atoms with van der Waals surface area (Å²) < 4.78 is 0. The van der Waals surface area contributed by atoms with Crippen LogP contribution in [0.3, 0.4) is 0 Å². The van der Waals surface area contributed by atoms with Crippen molar-refractivity contribution in [2.24, 2.45) is 0 Å². The topological polar surface area (TPSA) is 43.9 Å².